The normalized spacial score (nSPS) is 23.2. The first kappa shape index (κ1) is 22.5. The highest BCUT2D eigenvalue weighted by atomic mass is 16.5. The van der Waals surface area contributed by atoms with Gasteiger partial charge in [0.25, 0.3) is 5.91 Å². The minimum absolute atomic E-state index is 0.0531. The molecule has 2 bridgehead atoms. The summed E-state index contributed by atoms with van der Waals surface area (Å²) >= 11 is 0. The monoisotopic (exact) mass is 434 g/mol. The molecule has 0 aliphatic carbocycles. The Morgan fingerprint density at radius 1 is 1.12 bits per heavy atom. The lowest BCUT2D eigenvalue weighted by molar-refractivity contribution is 0.0504. The summed E-state index contributed by atoms with van der Waals surface area (Å²) < 4.78 is 5.36. The molecule has 1 atom stereocenters. The van der Waals surface area contributed by atoms with Gasteiger partial charge in [-0.25, -0.2) is 4.79 Å². The van der Waals surface area contributed by atoms with Crippen molar-refractivity contribution >= 4 is 11.9 Å². The fraction of sp³-hybridized carbons (Fsp3) is 0.481. The van der Waals surface area contributed by atoms with E-state index in [2.05, 4.69) is 17.3 Å². The molecular weight excluding hydrogens is 400 g/mol. The summed E-state index contributed by atoms with van der Waals surface area (Å²) in [5.74, 6) is -0.363. The van der Waals surface area contributed by atoms with Crippen LogP contribution >= 0.6 is 0 Å². The molecule has 4 rings (SSSR count). The third-order valence-corrected chi connectivity index (χ3v) is 7.49. The highest BCUT2D eigenvalue weighted by Gasteiger charge is 2.54. The highest BCUT2D eigenvalue weighted by molar-refractivity contribution is 5.97. The zero-order chi connectivity index (χ0) is 22.9. The van der Waals surface area contributed by atoms with Crippen LogP contribution in [0.15, 0.2) is 42.5 Å². The molecule has 2 saturated heterocycles. The molecule has 2 aromatic rings. The number of carbonyl (C=O) groups excluding carboxylic acids is 2. The van der Waals surface area contributed by atoms with Gasteiger partial charge in [0.1, 0.15) is 0 Å². The fourth-order valence-electron chi connectivity index (χ4n) is 5.73. The van der Waals surface area contributed by atoms with Crippen LogP contribution in [0.1, 0.15) is 82.5 Å². The Morgan fingerprint density at radius 3 is 2.38 bits per heavy atom. The number of fused-ring (bicyclic) bond motifs is 2. The van der Waals surface area contributed by atoms with Gasteiger partial charge in [-0.05, 0) is 81.8 Å². The van der Waals surface area contributed by atoms with Gasteiger partial charge >= 0.3 is 5.97 Å². The lowest BCUT2D eigenvalue weighted by Gasteiger charge is -2.41. The topological polar surface area (TPSA) is 58.6 Å². The quantitative estimate of drug-likeness (QED) is 0.625. The smallest absolute Gasteiger partial charge is 0.338 e. The standard InChI is InChI=1S/C27H34N2O3/c1-5-16-32-26(31)21-11-7-10-20(17-21)24(27-14-12-22(13-15-27)29(27)4)28-25(30)23-18(2)8-6-9-19(23)3/h6-11,17,22,24H,5,12-16H2,1-4H3,(H,28,30). The van der Waals surface area contributed by atoms with Crippen molar-refractivity contribution in [3.05, 3.63) is 70.3 Å². The largest absolute Gasteiger partial charge is 0.462 e. The number of aryl methyl sites for hydroxylation is 2. The van der Waals surface area contributed by atoms with Gasteiger partial charge < -0.3 is 10.1 Å². The zero-order valence-electron chi connectivity index (χ0n) is 19.6. The van der Waals surface area contributed by atoms with Crippen LogP contribution in [-0.4, -0.2) is 42.0 Å². The van der Waals surface area contributed by atoms with Gasteiger partial charge in [-0.15, -0.1) is 0 Å². The van der Waals surface area contributed by atoms with Crippen molar-refractivity contribution in [1.29, 1.82) is 0 Å². The molecular formula is C27H34N2O3. The second kappa shape index (κ2) is 9.07. The average molecular weight is 435 g/mol. The van der Waals surface area contributed by atoms with Crippen molar-refractivity contribution in [3.8, 4) is 0 Å². The molecule has 2 aliphatic rings. The average Bonchev–Trinajstić information content (AvgIpc) is 3.28. The molecule has 0 radical (unpaired) electrons. The lowest BCUT2D eigenvalue weighted by atomic mass is 9.78. The van der Waals surface area contributed by atoms with E-state index >= 15 is 0 Å². The third kappa shape index (κ3) is 3.95. The van der Waals surface area contributed by atoms with E-state index in [1.54, 1.807) is 6.07 Å². The van der Waals surface area contributed by atoms with Gasteiger partial charge in [-0.3, -0.25) is 9.69 Å². The molecule has 1 N–H and O–H groups in total. The van der Waals surface area contributed by atoms with E-state index in [4.69, 9.17) is 4.74 Å². The number of carbonyl (C=O) groups is 2. The molecule has 2 heterocycles. The van der Waals surface area contributed by atoms with Crippen LogP contribution in [0.2, 0.25) is 0 Å². The molecule has 1 amide bonds. The summed E-state index contributed by atoms with van der Waals surface area (Å²) in [6.07, 6.45) is 5.15. The van der Waals surface area contributed by atoms with Crippen LogP contribution in [0.4, 0.5) is 0 Å². The number of esters is 1. The third-order valence-electron chi connectivity index (χ3n) is 7.49. The van der Waals surface area contributed by atoms with Crippen LogP contribution in [-0.2, 0) is 4.74 Å². The molecule has 2 fully saturated rings. The van der Waals surface area contributed by atoms with Crippen molar-refractivity contribution in [2.75, 3.05) is 13.7 Å². The first-order valence-corrected chi connectivity index (χ1v) is 11.7. The van der Waals surface area contributed by atoms with Crippen molar-refractivity contribution in [3.63, 3.8) is 0 Å². The minimum Gasteiger partial charge on any atom is -0.462 e. The zero-order valence-corrected chi connectivity index (χ0v) is 19.6. The van der Waals surface area contributed by atoms with E-state index in [9.17, 15) is 9.59 Å². The number of benzene rings is 2. The van der Waals surface area contributed by atoms with Gasteiger partial charge in [0.15, 0.2) is 0 Å². The molecule has 1 unspecified atom stereocenters. The molecule has 5 heteroatoms. The van der Waals surface area contributed by atoms with Crippen molar-refractivity contribution < 1.29 is 14.3 Å². The number of hydrogen-bond acceptors (Lipinski definition) is 4. The van der Waals surface area contributed by atoms with Crippen molar-refractivity contribution in [2.45, 2.75) is 70.5 Å². The Bertz CT molecular complexity index is 987. The molecule has 5 nitrogen and oxygen atoms in total. The van der Waals surface area contributed by atoms with E-state index in [0.29, 0.717) is 18.2 Å². The van der Waals surface area contributed by atoms with Gasteiger partial charge in [0.2, 0.25) is 0 Å². The number of ether oxygens (including phenoxy) is 1. The SMILES string of the molecule is CCCOC(=O)c1cccc(C(NC(=O)c2c(C)cccc2C)C23CCC(CC2)N3C)c1. The van der Waals surface area contributed by atoms with Crippen molar-refractivity contribution in [1.82, 2.24) is 10.2 Å². The summed E-state index contributed by atoms with van der Waals surface area (Å²) in [6, 6.07) is 13.9. The Kier molecular flexibility index (Phi) is 6.38. The van der Waals surface area contributed by atoms with Gasteiger partial charge in [0, 0.05) is 17.1 Å². The van der Waals surface area contributed by atoms with E-state index in [1.165, 1.54) is 0 Å². The predicted octanol–water partition coefficient (Wildman–Crippen LogP) is 4.97. The Morgan fingerprint density at radius 2 is 1.78 bits per heavy atom. The second-order valence-corrected chi connectivity index (χ2v) is 9.38. The Hall–Kier alpha value is -2.66. The Balaban J connectivity index is 1.71. The summed E-state index contributed by atoms with van der Waals surface area (Å²) in [6.45, 7) is 6.35. The number of nitrogens with one attached hydrogen (secondary N) is 1. The second-order valence-electron chi connectivity index (χ2n) is 9.38. The van der Waals surface area contributed by atoms with E-state index in [1.807, 2.05) is 57.2 Å². The first-order chi connectivity index (χ1) is 15.4. The van der Waals surface area contributed by atoms with Crippen LogP contribution in [0, 0.1) is 13.8 Å². The fourth-order valence-corrected chi connectivity index (χ4v) is 5.73. The number of amides is 1. The van der Waals surface area contributed by atoms with Crippen LogP contribution in [0.5, 0.6) is 0 Å². The van der Waals surface area contributed by atoms with E-state index in [0.717, 1.165) is 54.4 Å². The van der Waals surface area contributed by atoms with E-state index in [-0.39, 0.29) is 23.5 Å². The maximum atomic E-state index is 13.5. The van der Waals surface area contributed by atoms with Crippen molar-refractivity contribution in [2.24, 2.45) is 0 Å². The Labute approximate surface area is 191 Å². The van der Waals surface area contributed by atoms with Crippen LogP contribution in [0.3, 0.4) is 0 Å². The minimum atomic E-state index is -0.310. The molecule has 0 saturated carbocycles. The summed E-state index contributed by atoms with van der Waals surface area (Å²) in [5.41, 5.74) is 4.05. The molecule has 32 heavy (non-hydrogen) atoms. The van der Waals surface area contributed by atoms with Gasteiger partial charge in [-0.1, -0.05) is 37.3 Å². The first-order valence-electron chi connectivity index (χ1n) is 11.7. The maximum Gasteiger partial charge on any atom is 0.338 e. The number of hydrogen-bond donors (Lipinski definition) is 1. The lowest BCUT2D eigenvalue weighted by Crippen LogP contribution is -2.51. The number of likely N-dealkylation sites (N-methyl/N-ethyl adjacent to an activating group) is 1. The van der Waals surface area contributed by atoms with Crippen LogP contribution in [0.25, 0.3) is 0 Å². The van der Waals surface area contributed by atoms with E-state index < -0.39 is 0 Å². The summed E-state index contributed by atoms with van der Waals surface area (Å²) in [7, 11) is 2.18. The molecule has 170 valence electrons. The van der Waals surface area contributed by atoms with Gasteiger partial charge in [0.05, 0.1) is 18.2 Å². The summed E-state index contributed by atoms with van der Waals surface area (Å²) in [5, 5.41) is 3.40. The van der Waals surface area contributed by atoms with Crippen LogP contribution < -0.4 is 5.32 Å². The number of rotatable bonds is 7. The molecule has 2 aliphatic heterocycles. The molecule has 2 aromatic carbocycles. The number of nitrogens with zero attached hydrogens (tertiary/aromatic N) is 1. The summed E-state index contributed by atoms with van der Waals surface area (Å²) in [4.78, 5) is 28.5. The van der Waals surface area contributed by atoms with Gasteiger partial charge in [-0.2, -0.15) is 0 Å². The maximum absolute atomic E-state index is 13.5. The molecule has 0 spiro atoms. The predicted molar refractivity (Wildman–Crippen MR) is 126 cm³/mol. The highest BCUT2D eigenvalue weighted by Crippen LogP contribution is 2.51. The molecule has 0 aromatic heterocycles.